The van der Waals surface area contributed by atoms with E-state index in [1.165, 1.54) is 25.8 Å². The van der Waals surface area contributed by atoms with Crippen LogP contribution in [0, 0.1) is 6.92 Å². The van der Waals surface area contributed by atoms with Gasteiger partial charge in [0.25, 0.3) is 5.91 Å². The van der Waals surface area contributed by atoms with Gasteiger partial charge in [-0.3, -0.25) is 14.4 Å². The number of hydrogen-bond acceptors (Lipinski definition) is 7. The number of nitrogens with zero attached hydrogens (tertiary/aromatic N) is 4. The molecule has 1 aromatic heterocycles. The minimum atomic E-state index is -4.26. The molecule has 12 nitrogen and oxygen atoms in total. The summed E-state index contributed by atoms with van der Waals surface area (Å²) in [4.78, 5) is 26.9. The second-order valence-corrected chi connectivity index (χ2v) is 9.44. The van der Waals surface area contributed by atoms with Crippen LogP contribution >= 0.6 is 11.6 Å². The van der Waals surface area contributed by atoms with Crippen molar-refractivity contribution in [2.45, 2.75) is 18.0 Å². The summed E-state index contributed by atoms with van der Waals surface area (Å²) >= 11 is 6.19. The molecule has 0 saturated carbocycles. The number of urea groups is 1. The summed E-state index contributed by atoms with van der Waals surface area (Å²) in [5, 5.41) is 9.20. The molecule has 1 aromatic carbocycles. The number of carbonyl (C=O) groups is 2. The second-order valence-electron chi connectivity index (χ2n) is 7.25. The fraction of sp³-hybridized carbons (Fsp3) is 0.421. The van der Waals surface area contributed by atoms with Crippen molar-refractivity contribution in [1.29, 1.82) is 0 Å². The Morgan fingerprint density at radius 1 is 1.27 bits per heavy atom. The lowest BCUT2D eigenvalue weighted by Gasteiger charge is -2.28. The van der Waals surface area contributed by atoms with Gasteiger partial charge in [0.2, 0.25) is 10.0 Å². The van der Waals surface area contributed by atoms with E-state index in [0.29, 0.717) is 11.4 Å². The molecule has 0 radical (unpaired) electrons. The van der Waals surface area contributed by atoms with E-state index in [-0.39, 0.29) is 41.9 Å². The minimum Gasteiger partial charge on any atom is -0.497 e. The molecule has 14 heteroatoms. The van der Waals surface area contributed by atoms with Crippen molar-refractivity contribution in [2.75, 3.05) is 38.6 Å². The number of nitrogens with one attached hydrogen (secondary N) is 2. The van der Waals surface area contributed by atoms with Crippen molar-refractivity contribution < 1.29 is 22.7 Å². The monoisotopic (exact) mass is 499 g/mol. The summed E-state index contributed by atoms with van der Waals surface area (Å²) in [6, 6.07) is 5.94. The first-order chi connectivity index (χ1) is 15.6. The Morgan fingerprint density at radius 2 is 1.94 bits per heavy atom. The molecule has 33 heavy (non-hydrogen) atoms. The molecule has 0 aliphatic carbocycles. The second kappa shape index (κ2) is 9.95. The number of amides is 3. The Hall–Kier alpha value is -2.87. The average Bonchev–Trinajstić information content (AvgIpc) is 3.34. The van der Waals surface area contributed by atoms with Gasteiger partial charge in [-0.05, 0) is 31.2 Å². The maximum atomic E-state index is 13.5. The maximum absolute atomic E-state index is 13.5. The fourth-order valence-corrected chi connectivity index (χ4v) is 5.78. The number of anilines is 1. The molecule has 3 amide bonds. The Bertz CT molecular complexity index is 1140. The maximum Gasteiger partial charge on any atom is 0.323 e. The highest BCUT2D eigenvalue weighted by molar-refractivity contribution is 7.89. The van der Waals surface area contributed by atoms with Crippen molar-refractivity contribution >= 4 is 39.2 Å². The van der Waals surface area contributed by atoms with Crippen LogP contribution in [-0.2, 0) is 21.9 Å². The van der Waals surface area contributed by atoms with E-state index in [9.17, 15) is 18.0 Å². The average molecular weight is 500 g/mol. The quantitative estimate of drug-likeness (QED) is 0.496. The van der Waals surface area contributed by atoms with E-state index in [2.05, 4.69) is 15.7 Å². The number of sulfonamides is 1. The van der Waals surface area contributed by atoms with Gasteiger partial charge in [-0.25, -0.2) is 13.2 Å². The number of hydrogen-bond donors (Lipinski definition) is 3. The van der Waals surface area contributed by atoms with Gasteiger partial charge in [0, 0.05) is 38.9 Å². The van der Waals surface area contributed by atoms with Crippen LogP contribution in [0.3, 0.4) is 0 Å². The lowest BCUT2D eigenvalue weighted by molar-refractivity contribution is -0.127. The fourth-order valence-electron chi connectivity index (χ4n) is 3.52. The van der Waals surface area contributed by atoms with Crippen LogP contribution in [0.1, 0.15) is 5.69 Å². The number of carbonyl (C=O) groups excluding carboxylic acids is 2. The summed E-state index contributed by atoms with van der Waals surface area (Å²) in [7, 11) is -1.23. The number of nitrogens with two attached hydrogens (primary N) is 1. The van der Waals surface area contributed by atoms with Gasteiger partial charge in [-0.2, -0.15) is 9.40 Å². The Balaban J connectivity index is 1.93. The van der Waals surface area contributed by atoms with E-state index in [1.807, 2.05) is 0 Å². The molecule has 0 spiro atoms. The van der Waals surface area contributed by atoms with E-state index >= 15 is 0 Å². The summed E-state index contributed by atoms with van der Waals surface area (Å²) in [5.41, 5.74) is 6.11. The molecule has 1 aliphatic heterocycles. The SMILES string of the molecule is COc1ccc(NC(=O)N2CCN(S(=O)(=O)c3c(C)nn(C)c3Cl)C2C(=O)NCCN)cc1. The zero-order chi connectivity index (χ0) is 24.3. The molecule has 0 bridgehead atoms. The van der Waals surface area contributed by atoms with Gasteiger partial charge in [0.05, 0.1) is 12.8 Å². The summed E-state index contributed by atoms with van der Waals surface area (Å²) in [6.07, 6.45) is -1.43. The Labute approximate surface area is 196 Å². The molecule has 1 aliphatic rings. The van der Waals surface area contributed by atoms with Crippen LogP contribution in [0.4, 0.5) is 10.5 Å². The van der Waals surface area contributed by atoms with E-state index in [4.69, 9.17) is 22.1 Å². The number of aromatic nitrogens is 2. The Kier molecular flexibility index (Phi) is 7.47. The minimum absolute atomic E-state index is 0.0150. The smallest absolute Gasteiger partial charge is 0.323 e. The number of aryl methyl sites for hydroxylation is 2. The van der Waals surface area contributed by atoms with Crippen LogP contribution < -0.4 is 21.1 Å². The predicted octanol–water partition coefficient (Wildman–Crippen LogP) is 0.330. The van der Waals surface area contributed by atoms with Gasteiger partial charge in [0.15, 0.2) is 6.17 Å². The van der Waals surface area contributed by atoms with Gasteiger partial charge in [0.1, 0.15) is 15.8 Å². The van der Waals surface area contributed by atoms with Crippen molar-refractivity contribution in [3.05, 3.63) is 35.1 Å². The first-order valence-electron chi connectivity index (χ1n) is 10.0. The van der Waals surface area contributed by atoms with Crippen molar-refractivity contribution in [2.24, 2.45) is 12.8 Å². The largest absolute Gasteiger partial charge is 0.497 e. The third kappa shape index (κ3) is 4.90. The molecule has 1 atom stereocenters. The van der Waals surface area contributed by atoms with Gasteiger partial charge in [-0.1, -0.05) is 11.6 Å². The van der Waals surface area contributed by atoms with E-state index in [1.54, 1.807) is 24.3 Å². The van der Waals surface area contributed by atoms with Crippen LogP contribution in [0.2, 0.25) is 5.15 Å². The molecular formula is C19H26ClN7O5S. The molecular weight excluding hydrogens is 474 g/mol. The van der Waals surface area contributed by atoms with E-state index < -0.39 is 28.1 Å². The molecule has 1 saturated heterocycles. The lowest BCUT2D eigenvalue weighted by atomic mass is 10.3. The van der Waals surface area contributed by atoms with Crippen molar-refractivity contribution in [1.82, 2.24) is 24.3 Å². The molecule has 2 heterocycles. The number of halogens is 1. The van der Waals surface area contributed by atoms with Crippen LogP contribution in [0.25, 0.3) is 0 Å². The topological polar surface area (TPSA) is 152 Å². The van der Waals surface area contributed by atoms with E-state index in [0.717, 1.165) is 9.21 Å². The highest BCUT2D eigenvalue weighted by atomic mass is 35.5. The normalized spacial score (nSPS) is 16.6. The van der Waals surface area contributed by atoms with Crippen LogP contribution in [0.15, 0.2) is 29.2 Å². The molecule has 1 unspecified atom stereocenters. The van der Waals surface area contributed by atoms with Crippen molar-refractivity contribution in [3.8, 4) is 5.75 Å². The Morgan fingerprint density at radius 3 is 2.48 bits per heavy atom. The zero-order valence-electron chi connectivity index (χ0n) is 18.4. The van der Waals surface area contributed by atoms with Gasteiger partial charge >= 0.3 is 6.03 Å². The van der Waals surface area contributed by atoms with Crippen molar-refractivity contribution in [3.63, 3.8) is 0 Å². The van der Waals surface area contributed by atoms with Crippen LogP contribution in [-0.4, -0.2) is 78.8 Å². The number of ether oxygens (including phenoxy) is 1. The molecule has 4 N–H and O–H groups in total. The molecule has 3 rings (SSSR count). The summed E-state index contributed by atoms with van der Waals surface area (Å²) in [5.74, 6) is -0.0710. The summed E-state index contributed by atoms with van der Waals surface area (Å²) < 4.78 is 34.3. The first kappa shape index (κ1) is 24.8. The first-order valence-corrected chi connectivity index (χ1v) is 11.8. The summed E-state index contributed by atoms with van der Waals surface area (Å²) in [6.45, 7) is 1.65. The van der Waals surface area contributed by atoms with Gasteiger partial charge < -0.3 is 21.1 Å². The standard InChI is InChI=1S/C19H26ClN7O5S/c1-12-15(16(20)25(2)24-12)33(30,31)27-11-10-26(18(27)17(28)22-9-8-21)19(29)23-13-4-6-14(32-3)7-5-13/h4-7,18H,8-11,21H2,1-3H3,(H,22,28)(H,23,29). The number of benzene rings is 1. The molecule has 2 aromatic rings. The highest BCUT2D eigenvalue weighted by Gasteiger charge is 2.48. The number of methoxy groups -OCH3 is 1. The van der Waals surface area contributed by atoms with Crippen LogP contribution in [0.5, 0.6) is 5.75 Å². The highest BCUT2D eigenvalue weighted by Crippen LogP contribution is 2.31. The number of rotatable bonds is 7. The third-order valence-electron chi connectivity index (χ3n) is 5.08. The molecule has 180 valence electrons. The third-order valence-corrected chi connectivity index (χ3v) is 7.63. The molecule has 1 fully saturated rings. The predicted molar refractivity (Wildman–Crippen MR) is 121 cm³/mol. The lowest BCUT2D eigenvalue weighted by Crippen LogP contribution is -2.55. The zero-order valence-corrected chi connectivity index (χ0v) is 20.0. The van der Waals surface area contributed by atoms with Gasteiger partial charge in [-0.15, -0.1) is 0 Å².